The quantitative estimate of drug-likeness (QED) is 0.550. The molecule has 4 heterocycles. The third kappa shape index (κ3) is 5.06. The van der Waals surface area contributed by atoms with Gasteiger partial charge in [-0.1, -0.05) is 6.07 Å². The third-order valence-electron chi connectivity index (χ3n) is 5.59. The number of aryl methyl sites for hydroxylation is 1. The van der Waals surface area contributed by atoms with E-state index in [9.17, 15) is 4.79 Å². The number of hydrogen-bond donors (Lipinski definition) is 1. The normalized spacial score (nSPS) is 17.2. The minimum absolute atomic E-state index is 0.0498. The van der Waals surface area contributed by atoms with Crippen LogP contribution in [-0.2, 0) is 17.9 Å². The number of ether oxygens (including phenoxy) is 2. The lowest BCUT2D eigenvalue weighted by molar-refractivity contribution is 0.0934. The molecule has 3 aromatic heterocycles. The highest BCUT2D eigenvalue weighted by Gasteiger charge is 2.24. The van der Waals surface area contributed by atoms with Crippen molar-refractivity contribution in [2.45, 2.75) is 32.9 Å². The first-order valence-electron chi connectivity index (χ1n) is 10.4. The molecule has 7 nitrogen and oxygen atoms in total. The van der Waals surface area contributed by atoms with Gasteiger partial charge < -0.3 is 14.8 Å². The van der Waals surface area contributed by atoms with E-state index < -0.39 is 0 Å². The Morgan fingerprint density at radius 1 is 1.35 bits per heavy atom. The number of likely N-dealkylation sites (tertiary alicyclic amines) is 1. The summed E-state index contributed by atoms with van der Waals surface area (Å²) in [5.41, 5.74) is 0.862. The lowest BCUT2D eigenvalue weighted by Crippen LogP contribution is -2.40. The number of aromatic nitrogens is 2. The van der Waals surface area contributed by atoms with E-state index in [1.165, 1.54) is 22.6 Å². The van der Waals surface area contributed by atoms with E-state index in [1.54, 1.807) is 25.6 Å². The van der Waals surface area contributed by atoms with Gasteiger partial charge in [0, 0.05) is 31.6 Å². The Morgan fingerprint density at radius 2 is 2.23 bits per heavy atom. The van der Waals surface area contributed by atoms with Gasteiger partial charge in [-0.05, 0) is 49.2 Å². The van der Waals surface area contributed by atoms with Crippen LogP contribution in [-0.4, -0.2) is 54.6 Å². The van der Waals surface area contributed by atoms with Gasteiger partial charge >= 0.3 is 0 Å². The molecule has 4 rings (SSSR count). The number of carbonyl (C=O) groups is 1. The molecule has 31 heavy (non-hydrogen) atoms. The van der Waals surface area contributed by atoms with Gasteiger partial charge in [0.1, 0.15) is 11.4 Å². The van der Waals surface area contributed by atoms with E-state index in [2.05, 4.69) is 37.7 Å². The van der Waals surface area contributed by atoms with Crippen LogP contribution in [0.5, 0.6) is 5.88 Å². The summed E-state index contributed by atoms with van der Waals surface area (Å²) in [6.45, 7) is 6.06. The Labute approximate surface area is 190 Å². The van der Waals surface area contributed by atoms with Gasteiger partial charge in [-0.3, -0.25) is 9.69 Å². The Balaban J connectivity index is 1.43. The summed E-state index contributed by atoms with van der Waals surface area (Å²) in [4.78, 5) is 27.3. The van der Waals surface area contributed by atoms with Crippen LogP contribution >= 0.6 is 22.7 Å². The molecule has 1 aliphatic rings. The number of rotatable bonds is 8. The van der Waals surface area contributed by atoms with Crippen LogP contribution in [0.4, 0.5) is 0 Å². The first kappa shape index (κ1) is 22.1. The fraction of sp³-hybridized carbons (Fsp3) is 0.500. The number of amides is 1. The summed E-state index contributed by atoms with van der Waals surface area (Å²) in [6.07, 6.45) is 2.31. The second-order valence-electron chi connectivity index (χ2n) is 7.85. The summed E-state index contributed by atoms with van der Waals surface area (Å²) in [5.74, 6) is 1.45. The largest absolute Gasteiger partial charge is 0.480 e. The number of nitrogens with one attached hydrogen (secondary N) is 1. The molecule has 0 aromatic carbocycles. The van der Waals surface area contributed by atoms with Crippen molar-refractivity contribution in [1.29, 1.82) is 0 Å². The Kier molecular flexibility index (Phi) is 7.16. The Bertz CT molecular complexity index is 1040. The van der Waals surface area contributed by atoms with Gasteiger partial charge in [-0.25, -0.2) is 4.98 Å². The number of methoxy groups -OCH3 is 2. The molecule has 1 amide bonds. The summed E-state index contributed by atoms with van der Waals surface area (Å²) >= 11 is 3.19. The van der Waals surface area contributed by atoms with Crippen molar-refractivity contribution in [3.05, 3.63) is 38.7 Å². The Morgan fingerprint density at radius 3 is 2.97 bits per heavy atom. The molecule has 0 bridgehead atoms. The third-order valence-corrected chi connectivity index (χ3v) is 7.64. The summed E-state index contributed by atoms with van der Waals surface area (Å²) in [7, 11) is 3.19. The number of fused-ring (bicyclic) bond motifs is 1. The van der Waals surface area contributed by atoms with E-state index in [0.717, 1.165) is 41.8 Å². The van der Waals surface area contributed by atoms with E-state index in [0.29, 0.717) is 35.7 Å². The van der Waals surface area contributed by atoms with Crippen LogP contribution in [0.2, 0.25) is 0 Å². The molecule has 3 aromatic rings. The highest BCUT2D eigenvalue weighted by Crippen LogP contribution is 2.35. The van der Waals surface area contributed by atoms with Gasteiger partial charge in [0.2, 0.25) is 5.88 Å². The van der Waals surface area contributed by atoms with E-state index in [1.807, 2.05) is 6.92 Å². The predicted molar refractivity (Wildman–Crippen MR) is 124 cm³/mol. The van der Waals surface area contributed by atoms with Crippen LogP contribution in [0, 0.1) is 12.8 Å². The molecule has 1 N–H and O–H groups in total. The topological polar surface area (TPSA) is 76.6 Å². The summed E-state index contributed by atoms with van der Waals surface area (Å²) < 4.78 is 10.6. The maximum Gasteiger partial charge on any atom is 0.261 e. The average molecular weight is 461 g/mol. The zero-order valence-electron chi connectivity index (χ0n) is 18.1. The number of hydrogen-bond acceptors (Lipinski definition) is 8. The van der Waals surface area contributed by atoms with E-state index in [-0.39, 0.29) is 5.91 Å². The maximum atomic E-state index is 13.0. The van der Waals surface area contributed by atoms with Gasteiger partial charge in [0.15, 0.2) is 5.82 Å². The molecule has 166 valence electrons. The van der Waals surface area contributed by atoms with Crippen molar-refractivity contribution in [3.63, 3.8) is 0 Å². The summed E-state index contributed by atoms with van der Waals surface area (Å²) in [6, 6.07) is 4.29. The SMILES string of the molecule is COCc1nc(OC)c2c(C)c(C(=O)NCC3CCCN(Cc4cccs4)C3)sc2n1. The molecule has 1 aliphatic heterocycles. The smallest absolute Gasteiger partial charge is 0.261 e. The first-order valence-corrected chi connectivity index (χ1v) is 12.1. The van der Waals surface area contributed by atoms with Crippen LogP contribution in [0.25, 0.3) is 10.2 Å². The fourth-order valence-corrected chi connectivity index (χ4v) is 5.96. The number of thiophene rings is 2. The zero-order chi connectivity index (χ0) is 21.8. The van der Waals surface area contributed by atoms with Gasteiger partial charge in [0.05, 0.1) is 17.4 Å². The maximum absolute atomic E-state index is 13.0. The Hall–Kier alpha value is -2.07. The molecule has 0 radical (unpaired) electrons. The molecule has 1 unspecified atom stereocenters. The second kappa shape index (κ2) is 10.0. The highest BCUT2D eigenvalue weighted by molar-refractivity contribution is 7.20. The van der Waals surface area contributed by atoms with E-state index >= 15 is 0 Å². The van der Waals surface area contributed by atoms with Gasteiger partial charge in [0.25, 0.3) is 5.91 Å². The van der Waals surface area contributed by atoms with Gasteiger partial charge in [-0.15, -0.1) is 22.7 Å². The van der Waals surface area contributed by atoms with Crippen molar-refractivity contribution < 1.29 is 14.3 Å². The number of carbonyl (C=O) groups excluding carboxylic acids is 1. The van der Waals surface area contributed by atoms with Crippen LogP contribution in [0.3, 0.4) is 0 Å². The minimum Gasteiger partial charge on any atom is -0.480 e. The fourth-order valence-electron chi connectivity index (χ4n) is 4.10. The monoisotopic (exact) mass is 460 g/mol. The minimum atomic E-state index is -0.0498. The molecule has 1 fully saturated rings. The van der Waals surface area contributed by atoms with Gasteiger partial charge in [-0.2, -0.15) is 4.98 Å². The van der Waals surface area contributed by atoms with Crippen molar-refractivity contribution in [2.24, 2.45) is 5.92 Å². The lowest BCUT2D eigenvalue weighted by Gasteiger charge is -2.32. The molecule has 0 saturated carbocycles. The molecule has 9 heteroatoms. The average Bonchev–Trinajstić information content (AvgIpc) is 3.40. The number of nitrogens with zero attached hydrogens (tertiary/aromatic N) is 3. The van der Waals surface area contributed by atoms with Crippen LogP contribution in [0.1, 0.15) is 38.8 Å². The molecule has 0 spiro atoms. The zero-order valence-corrected chi connectivity index (χ0v) is 19.8. The van der Waals surface area contributed by atoms with Crippen molar-refractivity contribution in [1.82, 2.24) is 20.2 Å². The number of piperidine rings is 1. The second-order valence-corrected chi connectivity index (χ2v) is 9.88. The predicted octanol–water partition coefficient (Wildman–Crippen LogP) is 3.86. The molecular weight excluding hydrogens is 432 g/mol. The van der Waals surface area contributed by atoms with Crippen LogP contribution < -0.4 is 10.1 Å². The first-order chi connectivity index (χ1) is 15.1. The molecule has 1 atom stereocenters. The molecule has 1 saturated heterocycles. The highest BCUT2D eigenvalue weighted by atomic mass is 32.1. The van der Waals surface area contributed by atoms with E-state index in [4.69, 9.17) is 9.47 Å². The molecular formula is C22H28N4O3S2. The van der Waals surface area contributed by atoms with Crippen molar-refractivity contribution in [3.8, 4) is 5.88 Å². The molecule has 0 aliphatic carbocycles. The summed E-state index contributed by atoms with van der Waals surface area (Å²) in [5, 5.41) is 6.09. The van der Waals surface area contributed by atoms with Crippen molar-refractivity contribution in [2.75, 3.05) is 33.9 Å². The lowest BCUT2D eigenvalue weighted by atomic mass is 9.98. The standard InChI is InChI=1S/C22H28N4O3S2/c1-14-18-21(29-3)24-17(13-28-2)25-22(18)31-19(14)20(27)23-10-15-6-4-8-26(11-15)12-16-7-5-9-30-16/h5,7,9,15H,4,6,8,10-13H2,1-3H3,(H,23,27). The van der Waals surface area contributed by atoms with Crippen LogP contribution in [0.15, 0.2) is 17.5 Å². The van der Waals surface area contributed by atoms with Crippen molar-refractivity contribution >= 4 is 38.8 Å².